The molecule has 1 aromatic heterocycles. The van der Waals surface area contributed by atoms with Crippen molar-refractivity contribution in [2.24, 2.45) is 0 Å². The molecule has 1 aromatic carbocycles. The van der Waals surface area contributed by atoms with Gasteiger partial charge in [-0.25, -0.2) is 14.2 Å². The van der Waals surface area contributed by atoms with E-state index in [9.17, 15) is 14.3 Å². The standard InChI is InChI=1S/C15H15FN2O2/c16-12-5-1-4-10-11(15(19)20)7-13(18-14(10)12)9-3-2-6-17-8-9/h1,4-5,7,9,17H,2-3,6,8H2,(H,19,20). The van der Waals surface area contributed by atoms with Gasteiger partial charge in [0.1, 0.15) is 11.3 Å². The lowest BCUT2D eigenvalue weighted by molar-refractivity contribution is 0.0699. The number of aromatic carboxylic acids is 1. The molecule has 104 valence electrons. The first-order valence-corrected chi connectivity index (χ1v) is 6.70. The van der Waals surface area contributed by atoms with Gasteiger partial charge in [0.15, 0.2) is 0 Å². The van der Waals surface area contributed by atoms with Crippen LogP contribution in [0.3, 0.4) is 0 Å². The number of carboxylic acid groups (broad SMARTS) is 1. The lowest BCUT2D eigenvalue weighted by atomic mass is 9.93. The summed E-state index contributed by atoms with van der Waals surface area (Å²) in [4.78, 5) is 15.8. The highest BCUT2D eigenvalue weighted by Crippen LogP contribution is 2.27. The molecule has 1 aliphatic rings. The predicted molar refractivity (Wildman–Crippen MR) is 73.5 cm³/mol. The third kappa shape index (κ3) is 2.25. The molecule has 2 heterocycles. The van der Waals surface area contributed by atoms with Crippen molar-refractivity contribution in [1.82, 2.24) is 10.3 Å². The summed E-state index contributed by atoms with van der Waals surface area (Å²) in [5, 5.41) is 12.9. The van der Waals surface area contributed by atoms with E-state index in [0.29, 0.717) is 11.1 Å². The predicted octanol–water partition coefficient (Wildman–Crippen LogP) is 2.54. The zero-order valence-electron chi connectivity index (χ0n) is 10.9. The molecular formula is C15H15FN2O2. The molecule has 1 fully saturated rings. The van der Waals surface area contributed by atoms with Gasteiger partial charge in [0, 0.05) is 23.5 Å². The molecule has 2 N–H and O–H groups in total. The third-order valence-corrected chi connectivity index (χ3v) is 3.76. The Kier molecular flexibility index (Phi) is 3.36. The van der Waals surface area contributed by atoms with E-state index < -0.39 is 11.8 Å². The number of carbonyl (C=O) groups is 1. The van der Waals surface area contributed by atoms with Crippen LogP contribution in [-0.2, 0) is 0 Å². The molecule has 2 aromatic rings. The van der Waals surface area contributed by atoms with Crippen molar-refractivity contribution in [3.63, 3.8) is 0 Å². The Hall–Kier alpha value is -2.01. The van der Waals surface area contributed by atoms with E-state index in [1.165, 1.54) is 12.1 Å². The number of hydrogen-bond donors (Lipinski definition) is 2. The smallest absolute Gasteiger partial charge is 0.336 e. The van der Waals surface area contributed by atoms with Crippen LogP contribution in [0.15, 0.2) is 24.3 Å². The van der Waals surface area contributed by atoms with Gasteiger partial charge in [0.2, 0.25) is 0 Å². The highest BCUT2D eigenvalue weighted by atomic mass is 19.1. The zero-order chi connectivity index (χ0) is 14.1. The summed E-state index contributed by atoms with van der Waals surface area (Å²) in [6, 6.07) is 6.00. The summed E-state index contributed by atoms with van der Waals surface area (Å²) in [5.41, 5.74) is 0.926. The number of benzene rings is 1. The van der Waals surface area contributed by atoms with Crippen LogP contribution in [0.2, 0.25) is 0 Å². The van der Waals surface area contributed by atoms with Crippen molar-refractivity contribution in [2.45, 2.75) is 18.8 Å². The van der Waals surface area contributed by atoms with Crippen LogP contribution in [0, 0.1) is 5.82 Å². The van der Waals surface area contributed by atoms with Gasteiger partial charge in [-0.3, -0.25) is 0 Å². The number of nitrogens with zero attached hydrogens (tertiary/aromatic N) is 1. The highest BCUT2D eigenvalue weighted by molar-refractivity contribution is 6.02. The van der Waals surface area contributed by atoms with E-state index in [4.69, 9.17) is 0 Å². The van der Waals surface area contributed by atoms with Gasteiger partial charge in [0.05, 0.1) is 5.56 Å². The highest BCUT2D eigenvalue weighted by Gasteiger charge is 2.21. The summed E-state index contributed by atoms with van der Waals surface area (Å²) in [6.45, 7) is 1.72. The molecule has 0 amide bonds. The van der Waals surface area contributed by atoms with Gasteiger partial charge in [-0.2, -0.15) is 0 Å². The summed E-state index contributed by atoms with van der Waals surface area (Å²) in [7, 11) is 0. The Labute approximate surface area is 115 Å². The largest absolute Gasteiger partial charge is 0.478 e. The topological polar surface area (TPSA) is 62.2 Å². The van der Waals surface area contributed by atoms with Crippen LogP contribution < -0.4 is 5.32 Å². The lowest BCUT2D eigenvalue weighted by Crippen LogP contribution is -2.29. The van der Waals surface area contributed by atoms with Gasteiger partial charge < -0.3 is 10.4 Å². The number of halogens is 1. The molecule has 0 spiro atoms. The molecule has 1 atom stereocenters. The Morgan fingerprint density at radius 3 is 3.00 bits per heavy atom. The number of piperidine rings is 1. The summed E-state index contributed by atoms with van der Waals surface area (Å²) in [6.07, 6.45) is 1.96. The fourth-order valence-electron chi connectivity index (χ4n) is 2.72. The van der Waals surface area contributed by atoms with E-state index in [0.717, 1.165) is 25.9 Å². The third-order valence-electron chi connectivity index (χ3n) is 3.76. The molecule has 0 saturated carbocycles. The number of rotatable bonds is 2. The molecule has 5 heteroatoms. The average molecular weight is 274 g/mol. The molecule has 0 radical (unpaired) electrons. The van der Waals surface area contributed by atoms with E-state index in [1.54, 1.807) is 12.1 Å². The Morgan fingerprint density at radius 1 is 1.45 bits per heavy atom. The minimum absolute atomic E-state index is 0.120. The fraction of sp³-hybridized carbons (Fsp3) is 0.333. The van der Waals surface area contributed by atoms with Gasteiger partial charge in [-0.05, 0) is 31.5 Å². The molecule has 20 heavy (non-hydrogen) atoms. The number of carboxylic acids is 1. The number of aromatic nitrogens is 1. The minimum Gasteiger partial charge on any atom is -0.478 e. The first-order valence-electron chi connectivity index (χ1n) is 6.70. The lowest BCUT2D eigenvalue weighted by Gasteiger charge is -2.23. The number of pyridine rings is 1. The van der Waals surface area contributed by atoms with Gasteiger partial charge in [-0.15, -0.1) is 0 Å². The molecule has 0 bridgehead atoms. The first kappa shape index (κ1) is 13.0. The number of nitrogens with one attached hydrogen (secondary N) is 1. The van der Waals surface area contributed by atoms with E-state index in [1.807, 2.05) is 0 Å². The molecule has 1 aliphatic heterocycles. The van der Waals surface area contributed by atoms with Crippen molar-refractivity contribution >= 4 is 16.9 Å². The van der Waals surface area contributed by atoms with Gasteiger partial charge in [0.25, 0.3) is 0 Å². The van der Waals surface area contributed by atoms with Crippen molar-refractivity contribution in [3.05, 3.63) is 41.3 Å². The van der Waals surface area contributed by atoms with E-state index in [2.05, 4.69) is 10.3 Å². The Balaban J connectivity index is 2.18. The average Bonchev–Trinajstić information content (AvgIpc) is 2.47. The minimum atomic E-state index is -1.05. The molecule has 1 unspecified atom stereocenters. The van der Waals surface area contributed by atoms with Gasteiger partial charge >= 0.3 is 5.97 Å². The molecule has 3 rings (SSSR count). The maximum absolute atomic E-state index is 13.9. The van der Waals surface area contributed by atoms with Crippen molar-refractivity contribution < 1.29 is 14.3 Å². The SMILES string of the molecule is O=C(O)c1cc(C2CCCNC2)nc2c(F)cccc12. The normalized spacial score (nSPS) is 19.1. The van der Waals surface area contributed by atoms with Crippen LogP contribution in [0.5, 0.6) is 0 Å². The molecule has 1 saturated heterocycles. The second-order valence-corrected chi connectivity index (χ2v) is 5.08. The second kappa shape index (κ2) is 5.17. The summed E-state index contributed by atoms with van der Waals surface area (Å²) >= 11 is 0. The summed E-state index contributed by atoms with van der Waals surface area (Å²) in [5.74, 6) is -1.38. The Morgan fingerprint density at radius 2 is 2.30 bits per heavy atom. The monoisotopic (exact) mass is 274 g/mol. The van der Waals surface area contributed by atoms with E-state index in [-0.39, 0.29) is 17.0 Å². The second-order valence-electron chi connectivity index (χ2n) is 5.08. The van der Waals surface area contributed by atoms with Crippen LogP contribution in [0.1, 0.15) is 34.8 Å². The van der Waals surface area contributed by atoms with Crippen molar-refractivity contribution in [2.75, 3.05) is 13.1 Å². The number of hydrogen-bond acceptors (Lipinski definition) is 3. The zero-order valence-corrected chi connectivity index (χ0v) is 10.9. The van der Waals surface area contributed by atoms with Gasteiger partial charge in [-0.1, -0.05) is 12.1 Å². The molecule has 0 aliphatic carbocycles. The number of para-hydroxylation sites is 1. The number of fused-ring (bicyclic) bond motifs is 1. The van der Waals surface area contributed by atoms with E-state index >= 15 is 0 Å². The fourth-order valence-corrected chi connectivity index (χ4v) is 2.72. The van der Waals surface area contributed by atoms with Crippen molar-refractivity contribution in [3.8, 4) is 0 Å². The molecule has 4 nitrogen and oxygen atoms in total. The van der Waals surface area contributed by atoms with Crippen LogP contribution in [0.4, 0.5) is 4.39 Å². The maximum Gasteiger partial charge on any atom is 0.336 e. The van der Waals surface area contributed by atoms with Crippen molar-refractivity contribution in [1.29, 1.82) is 0 Å². The van der Waals surface area contributed by atoms with Crippen LogP contribution in [-0.4, -0.2) is 29.1 Å². The van der Waals surface area contributed by atoms with Crippen LogP contribution >= 0.6 is 0 Å². The molecular weight excluding hydrogens is 259 g/mol. The maximum atomic E-state index is 13.9. The summed E-state index contributed by atoms with van der Waals surface area (Å²) < 4.78 is 13.9. The quantitative estimate of drug-likeness (QED) is 0.883. The van der Waals surface area contributed by atoms with Crippen LogP contribution in [0.25, 0.3) is 10.9 Å². The first-order chi connectivity index (χ1) is 9.66. The Bertz CT molecular complexity index is 666.